The summed E-state index contributed by atoms with van der Waals surface area (Å²) in [5.41, 5.74) is 0. The quantitative estimate of drug-likeness (QED) is 0.0169. The molecule has 3 N–H and O–H groups in total. The lowest BCUT2D eigenvalue weighted by molar-refractivity contribution is -0.161. The van der Waals surface area contributed by atoms with Crippen molar-refractivity contribution in [3.05, 3.63) is 182 Å². The van der Waals surface area contributed by atoms with E-state index in [1.807, 2.05) is 30.4 Å². The summed E-state index contributed by atoms with van der Waals surface area (Å²) in [6, 6.07) is 0. The number of phosphoric ester groups is 2. The molecule has 0 bridgehead atoms. The van der Waals surface area contributed by atoms with Crippen LogP contribution in [0, 0.1) is 0 Å². The van der Waals surface area contributed by atoms with Crippen molar-refractivity contribution in [2.45, 2.75) is 316 Å². The maximum absolute atomic E-state index is 13.1. The van der Waals surface area contributed by atoms with Crippen LogP contribution < -0.4 is 0 Å². The average molecular weight is 1550 g/mol. The molecular formula is C89H144O17P2. The van der Waals surface area contributed by atoms with E-state index in [1.165, 1.54) is 44.9 Å². The van der Waals surface area contributed by atoms with Gasteiger partial charge >= 0.3 is 39.5 Å². The first-order valence-electron chi connectivity index (χ1n) is 41.0. The van der Waals surface area contributed by atoms with Crippen LogP contribution in [0.25, 0.3) is 0 Å². The molecule has 19 heteroatoms. The van der Waals surface area contributed by atoms with E-state index in [0.717, 1.165) is 161 Å². The van der Waals surface area contributed by atoms with Gasteiger partial charge < -0.3 is 33.8 Å². The van der Waals surface area contributed by atoms with Crippen molar-refractivity contribution in [1.82, 2.24) is 0 Å². The summed E-state index contributed by atoms with van der Waals surface area (Å²) in [6.45, 7) is 4.42. The van der Waals surface area contributed by atoms with Crippen LogP contribution in [0.4, 0.5) is 0 Å². The molecule has 5 atom stereocenters. The number of ether oxygens (including phenoxy) is 4. The Morgan fingerprint density at radius 1 is 0.269 bits per heavy atom. The van der Waals surface area contributed by atoms with Crippen molar-refractivity contribution >= 4 is 39.5 Å². The lowest BCUT2D eigenvalue weighted by Crippen LogP contribution is -2.30. The third-order valence-electron chi connectivity index (χ3n) is 16.3. The van der Waals surface area contributed by atoms with Crippen molar-refractivity contribution in [1.29, 1.82) is 0 Å². The molecule has 0 aliphatic heterocycles. The van der Waals surface area contributed by atoms with Crippen LogP contribution in [0.5, 0.6) is 0 Å². The number of hydrogen-bond acceptors (Lipinski definition) is 15. The monoisotopic (exact) mass is 1550 g/mol. The Morgan fingerprint density at radius 2 is 0.509 bits per heavy atom. The molecule has 0 aliphatic rings. The third-order valence-corrected chi connectivity index (χ3v) is 18.2. The van der Waals surface area contributed by atoms with Crippen LogP contribution in [0.2, 0.25) is 0 Å². The maximum Gasteiger partial charge on any atom is 0.472 e. The molecule has 0 aliphatic carbocycles. The Bertz CT molecular complexity index is 2760. The van der Waals surface area contributed by atoms with Crippen molar-refractivity contribution < 1.29 is 80.2 Å². The van der Waals surface area contributed by atoms with E-state index in [1.54, 1.807) is 0 Å². The third kappa shape index (κ3) is 78.3. The number of aliphatic hydroxyl groups excluding tert-OH is 1. The molecule has 0 saturated heterocycles. The number of rotatable bonds is 75. The van der Waals surface area contributed by atoms with Gasteiger partial charge in [-0.05, 0) is 167 Å². The predicted molar refractivity (Wildman–Crippen MR) is 445 cm³/mol. The van der Waals surface area contributed by atoms with Crippen LogP contribution >= 0.6 is 15.6 Å². The van der Waals surface area contributed by atoms with Crippen molar-refractivity contribution in [3.63, 3.8) is 0 Å². The predicted octanol–water partition coefficient (Wildman–Crippen LogP) is 24.3. The van der Waals surface area contributed by atoms with Crippen LogP contribution in [0.1, 0.15) is 297 Å². The number of phosphoric acid groups is 2. The Balaban J connectivity index is 5.50. The Hall–Kier alpha value is -5.84. The average Bonchev–Trinajstić information content (AvgIpc) is 0.916. The highest BCUT2D eigenvalue weighted by molar-refractivity contribution is 7.47. The van der Waals surface area contributed by atoms with Crippen LogP contribution in [0.3, 0.4) is 0 Å². The lowest BCUT2D eigenvalue weighted by atomic mass is 10.1. The number of hydrogen-bond donors (Lipinski definition) is 3. The first kappa shape index (κ1) is 102. The van der Waals surface area contributed by atoms with E-state index in [0.29, 0.717) is 38.5 Å². The van der Waals surface area contributed by atoms with E-state index >= 15 is 0 Å². The number of unbranched alkanes of at least 4 members (excludes halogenated alkanes) is 19. The van der Waals surface area contributed by atoms with Gasteiger partial charge in [-0.1, -0.05) is 287 Å². The summed E-state index contributed by atoms with van der Waals surface area (Å²) in [5.74, 6) is -2.38. The summed E-state index contributed by atoms with van der Waals surface area (Å²) in [6.07, 6.45) is 96.0. The Labute approximate surface area is 654 Å². The highest BCUT2D eigenvalue weighted by Crippen LogP contribution is 2.45. The second-order valence-corrected chi connectivity index (χ2v) is 29.5. The molecule has 0 amide bonds. The molecule has 0 aromatic rings. The van der Waals surface area contributed by atoms with Gasteiger partial charge in [0.2, 0.25) is 0 Å². The van der Waals surface area contributed by atoms with Gasteiger partial charge in [0, 0.05) is 25.7 Å². The molecule has 5 unspecified atom stereocenters. The van der Waals surface area contributed by atoms with Gasteiger partial charge in [-0.2, -0.15) is 0 Å². The largest absolute Gasteiger partial charge is 0.472 e. The van der Waals surface area contributed by atoms with Crippen molar-refractivity contribution in [2.24, 2.45) is 0 Å². The Morgan fingerprint density at radius 3 is 0.861 bits per heavy atom. The zero-order valence-electron chi connectivity index (χ0n) is 66.9. The summed E-state index contributed by atoms with van der Waals surface area (Å²) in [4.78, 5) is 73.1. The van der Waals surface area contributed by atoms with Crippen molar-refractivity contribution in [2.75, 3.05) is 39.6 Å². The number of aliphatic hydroxyl groups is 1. The molecule has 0 aromatic carbocycles. The number of carbonyl (C=O) groups excluding carboxylic acids is 4. The molecule has 17 nitrogen and oxygen atoms in total. The van der Waals surface area contributed by atoms with Gasteiger partial charge in [-0.25, -0.2) is 9.13 Å². The molecular weight excluding hydrogens is 1400 g/mol. The standard InChI is InChI=1S/C89H144O17P2/c1-5-9-13-17-21-25-29-33-36-39-41-44-46-50-53-57-61-65-69-73-86(91)99-79-84(105-88(93)75-71-67-63-59-55-49-32-28-24-20-16-12-8-4)81-103-107(95,96)101-77-83(90)78-102-108(97,98)104-82-85(106-89(94)76-72-68-64-60-56-52-48-43-38-35-31-27-23-19-15-11-7-3)80-100-87(92)74-70-66-62-58-54-51-47-45-42-40-37-34-30-26-22-18-14-10-6-2/h9,11,13,15,21-23,25-28,32-38,41-42,44-45,48,50,52-53,60-61,64-65,83-85,90H,5-8,10,12,14,16-20,24,29-31,39-40,43,46-47,49,51,54-59,62-63,66-82H2,1-4H3,(H,95,96)(H,97,98)/b13-9-,15-11-,25-21-,26-22-,27-23-,32-28-,36-33-,37-34-,38-35-,44-41-,45-42-,52-48-,53-50-,64-60-,65-61-. The van der Waals surface area contributed by atoms with Crippen molar-refractivity contribution in [3.8, 4) is 0 Å². The molecule has 0 spiro atoms. The van der Waals surface area contributed by atoms with Gasteiger partial charge in [0.1, 0.15) is 19.3 Å². The first-order chi connectivity index (χ1) is 52.7. The van der Waals surface area contributed by atoms with Crippen LogP contribution in [-0.4, -0.2) is 96.7 Å². The minimum absolute atomic E-state index is 0.00529. The molecule has 0 fully saturated rings. The maximum atomic E-state index is 13.1. The van der Waals surface area contributed by atoms with Crippen LogP contribution in [-0.2, 0) is 65.4 Å². The highest BCUT2D eigenvalue weighted by atomic mass is 31.2. The summed E-state index contributed by atoms with van der Waals surface area (Å²) >= 11 is 0. The zero-order valence-corrected chi connectivity index (χ0v) is 68.7. The fraction of sp³-hybridized carbons (Fsp3) is 0.618. The van der Waals surface area contributed by atoms with Gasteiger partial charge in [0.25, 0.3) is 0 Å². The number of esters is 4. The van der Waals surface area contributed by atoms with E-state index in [2.05, 4.69) is 180 Å². The highest BCUT2D eigenvalue weighted by Gasteiger charge is 2.30. The minimum atomic E-state index is -5.01. The van der Waals surface area contributed by atoms with Gasteiger partial charge in [0.15, 0.2) is 12.2 Å². The fourth-order valence-electron chi connectivity index (χ4n) is 10.2. The fourth-order valence-corrected chi connectivity index (χ4v) is 11.7. The molecule has 0 saturated carbocycles. The van der Waals surface area contributed by atoms with Crippen LogP contribution in [0.15, 0.2) is 182 Å². The smallest absolute Gasteiger partial charge is 0.462 e. The zero-order chi connectivity index (χ0) is 78.9. The first-order valence-corrected chi connectivity index (χ1v) is 44.0. The normalized spacial score (nSPS) is 14.8. The molecule has 108 heavy (non-hydrogen) atoms. The Kier molecular flexibility index (Phi) is 75.0. The summed E-state index contributed by atoms with van der Waals surface area (Å²) < 4.78 is 68.5. The van der Waals surface area contributed by atoms with Gasteiger partial charge in [-0.3, -0.25) is 37.3 Å². The number of carbonyl (C=O) groups is 4. The van der Waals surface area contributed by atoms with E-state index in [4.69, 9.17) is 37.0 Å². The SMILES string of the molecule is CC/C=C\C/C=C\C/C=C\C/C=C\C/C=C\C/C=C\CCC(=O)OCC(COP(=O)(O)OCC(O)COP(=O)(O)OCC(COC(=O)CCCCCCCC/C=C\C/C=C\C/C=C\CCCCC)OC(=O)CCC/C=C\C/C=C\C/C=C\C/C=C\C/C=C\CC)OC(=O)CCCCCCC/C=C\CCCCCC. The molecule has 0 heterocycles. The number of allylic oxidation sites excluding steroid dienone is 30. The molecule has 612 valence electrons. The van der Waals surface area contributed by atoms with E-state index in [-0.39, 0.29) is 25.7 Å². The molecule has 0 aromatic heterocycles. The minimum Gasteiger partial charge on any atom is -0.462 e. The lowest BCUT2D eigenvalue weighted by Gasteiger charge is -2.21. The second-order valence-electron chi connectivity index (χ2n) is 26.6. The van der Waals surface area contributed by atoms with E-state index < -0.39 is 97.5 Å². The van der Waals surface area contributed by atoms with Gasteiger partial charge in [-0.15, -0.1) is 0 Å². The topological polar surface area (TPSA) is 237 Å². The molecule has 0 radical (unpaired) electrons. The summed E-state index contributed by atoms with van der Waals surface area (Å²) in [7, 11) is -10.0. The second kappa shape index (κ2) is 79.3. The molecule has 0 rings (SSSR count). The van der Waals surface area contributed by atoms with E-state index in [9.17, 15) is 43.2 Å². The van der Waals surface area contributed by atoms with Gasteiger partial charge in [0.05, 0.1) is 26.4 Å². The summed E-state index contributed by atoms with van der Waals surface area (Å²) in [5, 5.41) is 10.7.